The van der Waals surface area contributed by atoms with Crippen LogP contribution >= 0.6 is 23.8 Å². The van der Waals surface area contributed by atoms with Crippen LogP contribution in [0.15, 0.2) is 54.6 Å². The Morgan fingerprint density at radius 2 is 1.67 bits per heavy atom. The van der Waals surface area contributed by atoms with Crippen LogP contribution in [0.5, 0.6) is 5.75 Å². The van der Waals surface area contributed by atoms with E-state index in [1.165, 1.54) is 0 Å². The lowest BCUT2D eigenvalue weighted by molar-refractivity contribution is -0.123. The second-order valence-corrected chi connectivity index (χ2v) is 5.41. The summed E-state index contributed by atoms with van der Waals surface area (Å²) in [5.41, 5.74) is 5.21. The minimum Gasteiger partial charge on any atom is -0.484 e. The molecule has 0 heterocycles. The summed E-state index contributed by atoms with van der Waals surface area (Å²) in [6.07, 6.45) is 0. The van der Waals surface area contributed by atoms with E-state index in [0.717, 1.165) is 0 Å². The number of hydrazine groups is 1. The van der Waals surface area contributed by atoms with E-state index in [2.05, 4.69) is 16.2 Å². The van der Waals surface area contributed by atoms with Gasteiger partial charge >= 0.3 is 0 Å². The van der Waals surface area contributed by atoms with Crippen LogP contribution in [-0.2, 0) is 4.79 Å². The van der Waals surface area contributed by atoms with E-state index in [9.17, 15) is 9.59 Å². The van der Waals surface area contributed by atoms with Gasteiger partial charge in [0, 0.05) is 10.6 Å². The van der Waals surface area contributed by atoms with Crippen LogP contribution in [0.3, 0.4) is 0 Å². The molecule has 6 nitrogen and oxygen atoms in total. The predicted molar refractivity (Wildman–Crippen MR) is 94.7 cm³/mol. The first-order valence-electron chi connectivity index (χ1n) is 6.88. The Balaban J connectivity index is 1.70. The van der Waals surface area contributed by atoms with Crippen molar-refractivity contribution in [3.8, 4) is 5.75 Å². The van der Waals surface area contributed by atoms with Crippen molar-refractivity contribution in [3.63, 3.8) is 0 Å². The summed E-state index contributed by atoms with van der Waals surface area (Å²) in [7, 11) is 0. The van der Waals surface area contributed by atoms with Crippen LogP contribution in [0, 0.1) is 0 Å². The van der Waals surface area contributed by atoms with Crippen molar-refractivity contribution in [2.24, 2.45) is 0 Å². The normalized spacial score (nSPS) is 9.71. The Morgan fingerprint density at radius 1 is 1.00 bits per heavy atom. The van der Waals surface area contributed by atoms with Gasteiger partial charge in [-0.15, -0.1) is 0 Å². The second kappa shape index (κ2) is 8.85. The number of nitrogens with one attached hydrogen (secondary N) is 3. The van der Waals surface area contributed by atoms with Gasteiger partial charge in [-0.05, 0) is 48.6 Å². The number of hydrogen-bond acceptors (Lipinski definition) is 4. The SMILES string of the molecule is O=C(COc1ccc(Cl)cc1)NNC(=S)NC(=O)c1ccccc1. The fourth-order valence-corrected chi connectivity index (χ4v) is 1.91. The number of amides is 2. The van der Waals surface area contributed by atoms with Crippen molar-refractivity contribution < 1.29 is 14.3 Å². The maximum Gasteiger partial charge on any atom is 0.276 e. The van der Waals surface area contributed by atoms with Gasteiger partial charge in [0.1, 0.15) is 5.75 Å². The molecule has 2 aromatic carbocycles. The fourth-order valence-electron chi connectivity index (χ4n) is 1.64. The van der Waals surface area contributed by atoms with Gasteiger partial charge in [-0.3, -0.25) is 25.8 Å². The molecule has 0 aliphatic rings. The second-order valence-electron chi connectivity index (χ2n) is 4.57. The molecule has 124 valence electrons. The molecule has 2 amide bonds. The first-order chi connectivity index (χ1) is 11.5. The van der Waals surface area contributed by atoms with Crippen LogP contribution in [0.4, 0.5) is 0 Å². The summed E-state index contributed by atoms with van der Waals surface area (Å²) in [5, 5.41) is 3.00. The van der Waals surface area contributed by atoms with E-state index < -0.39 is 5.91 Å². The molecule has 0 fully saturated rings. The van der Waals surface area contributed by atoms with Gasteiger partial charge in [0.05, 0.1) is 0 Å². The van der Waals surface area contributed by atoms with Crippen LogP contribution in [0.25, 0.3) is 0 Å². The molecule has 0 spiro atoms. The molecule has 0 aromatic heterocycles. The summed E-state index contributed by atoms with van der Waals surface area (Å²) in [6, 6.07) is 15.2. The molecular formula is C16H14ClN3O3S. The quantitative estimate of drug-likeness (QED) is 0.572. The molecule has 8 heteroatoms. The van der Waals surface area contributed by atoms with E-state index in [0.29, 0.717) is 16.3 Å². The van der Waals surface area contributed by atoms with Crippen molar-refractivity contribution in [1.29, 1.82) is 0 Å². The molecule has 2 aromatic rings. The molecule has 0 aliphatic carbocycles. The number of hydrogen-bond donors (Lipinski definition) is 3. The van der Waals surface area contributed by atoms with Crippen molar-refractivity contribution in [2.75, 3.05) is 6.61 Å². The van der Waals surface area contributed by atoms with E-state index in [4.69, 9.17) is 28.6 Å². The number of ether oxygens (including phenoxy) is 1. The lowest BCUT2D eigenvalue weighted by atomic mass is 10.2. The van der Waals surface area contributed by atoms with E-state index in [1.807, 2.05) is 0 Å². The van der Waals surface area contributed by atoms with Gasteiger partial charge < -0.3 is 4.74 Å². The Hall–Kier alpha value is -2.64. The smallest absolute Gasteiger partial charge is 0.276 e. The minimum atomic E-state index is -0.457. The number of halogens is 1. The molecule has 0 unspecified atom stereocenters. The van der Waals surface area contributed by atoms with Crippen LogP contribution in [0.2, 0.25) is 5.02 Å². The summed E-state index contributed by atoms with van der Waals surface area (Å²) >= 11 is 10.7. The number of carbonyl (C=O) groups excluding carboxylic acids is 2. The predicted octanol–water partition coefficient (Wildman–Crippen LogP) is 2.05. The standard InChI is InChI=1S/C16H14ClN3O3S/c17-12-6-8-13(9-7-12)23-10-14(21)19-20-16(24)18-15(22)11-4-2-1-3-5-11/h1-9H,10H2,(H,19,21)(H2,18,20,22,24). The fraction of sp³-hybridized carbons (Fsp3) is 0.0625. The monoisotopic (exact) mass is 363 g/mol. The number of rotatable bonds is 4. The van der Waals surface area contributed by atoms with Gasteiger partial charge in [-0.2, -0.15) is 0 Å². The zero-order valence-electron chi connectivity index (χ0n) is 12.4. The summed E-state index contributed by atoms with van der Waals surface area (Å²) < 4.78 is 5.26. The molecule has 24 heavy (non-hydrogen) atoms. The van der Waals surface area contributed by atoms with Gasteiger partial charge in [0.2, 0.25) is 0 Å². The summed E-state index contributed by atoms with van der Waals surface area (Å²) in [4.78, 5) is 23.5. The summed E-state index contributed by atoms with van der Waals surface area (Å²) in [5.74, 6) is -0.324. The molecule has 0 atom stereocenters. The van der Waals surface area contributed by atoms with E-state index in [1.54, 1.807) is 54.6 Å². The minimum absolute atomic E-state index is 0.0244. The highest BCUT2D eigenvalue weighted by Gasteiger charge is 2.08. The maximum atomic E-state index is 11.9. The highest BCUT2D eigenvalue weighted by molar-refractivity contribution is 7.80. The van der Waals surface area contributed by atoms with Crippen LogP contribution < -0.4 is 20.9 Å². The Kier molecular flexibility index (Phi) is 6.53. The van der Waals surface area contributed by atoms with Crippen molar-refractivity contribution in [3.05, 3.63) is 65.2 Å². The number of carbonyl (C=O) groups is 2. The number of thiocarbonyl (C=S) groups is 1. The molecular weight excluding hydrogens is 350 g/mol. The molecule has 3 N–H and O–H groups in total. The number of benzene rings is 2. The van der Waals surface area contributed by atoms with E-state index >= 15 is 0 Å². The van der Waals surface area contributed by atoms with Gasteiger partial charge in [-0.1, -0.05) is 29.8 Å². The first kappa shape index (κ1) is 17.7. The van der Waals surface area contributed by atoms with Gasteiger partial charge in [-0.25, -0.2) is 0 Å². The molecule has 2 rings (SSSR count). The molecule has 0 radical (unpaired) electrons. The molecule has 0 bridgehead atoms. The highest BCUT2D eigenvalue weighted by atomic mass is 35.5. The Labute approximate surface area is 149 Å². The van der Waals surface area contributed by atoms with Crippen molar-refractivity contribution in [1.82, 2.24) is 16.2 Å². The lowest BCUT2D eigenvalue weighted by Gasteiger charge is -2.11. The van der Waals surface area contributed by atoms with Crippen molar-refractivity contribution in [2.45, 2.75) is 0 Å². The maximum absolute atomic E-state index is 11.9. The largest absolute Gasteiger partial charge is 0.484 e. The lowest BCUT2D eigenvalue weighted by Crippen LogP contribution is -2.49. The van der Waals surface area contributed by atoms with Gasteiger partial charge in [0.25, 0.3) is 11.8 Å². The summed E-state index contributed by atoms with van der Waals surface area (Å²) in [6.45, 7) is -0.218. The third-order valence-electron chi connectivity index (χ3n) is 2.76. The van der Waals surface area contributed by atoms with Crippen LogP contribution in [0.1, 0.15) is 10.4 Å². The Bertz CT molecular complexity index is 723. The third-order valence-corrected chi connectivity index (χ3v) is 3.22. The molecule has 0 saturated heterocycles. The zero-order chi connectivity index (χ0) is 17.4. The molecule has 0 saturated carbocycles. The first-order valence-corrected chi connectivity index (χ1v) is 7.67. The van der Waals surface area contributed by atoms with E-state index in [-0.39, 0.29) is 17.6 Å². The van der Waals surface area contributed by atoms with Crippen LogP contribution in [-0.4, -0.2) is 23.5 Å². The average Bonchev–Trinajstić information content (AvgIpc) is 2.60. The average molecular weight is 364 g/mol. The zero-order valence-corrected chi connectivity index (χ0v) is 14.0. The van der Waals surface area contributed by atoms with Gasteiger partial charge in [0.15, 0.2) is 11.7 Å². The Morgan fingerprint density at radius 3 is 2.33 bits per heavy atom. The highest BCUT2D eigenvalue weighted by Crippen LogP contribution is 2.15. The van der Waals surface area contributed by atoms with Crippen molar-refractivity contribution >= 4 is 40.7 Å². The third kappa shape index (κ3) is 5.86. The topological polar surface area (TPSA) is 79.5 Å². The molecule has 0 aliphatic heterocycles.